The molecule has 0 atom stereocenters. The van der Waals surface area contributed by atoms with E-state index in [1.807, 2.05) is 7.05 Å². The first kappa shape index (κ1) is 15.0. The van der Waals surface area contributed by atoms with Crippen LogP contribution >= 0.6 is 0 Å². The van der Waals surface area contributed by atoms with Crippen LogP contribution in [0.25, 0.3) is 0 Å². The van der Waals surface area contributed by atoms with Crippen molar-refractivity contribution in [2.75, 3.05) is 19.8 Å². The minimum Gasteiger partial charge on any atom is -0.318 e. The van der Waals surface area contributed by atoms with Crippen LogP contribution in [0.3, 0.4) is 0 Å². The molecule has 102 valence electrons. The van der Waals surface area contributed by atoms with E-state index in [0.717, 1.165) is 25.7 Å². The van der Waals surface area contributed by atoms with Crippen LogP contribution in [-0.2, 0) is 9.84 Å². The molecule has 1 rings (SSSR count). The average Bonchev–Trinajstić information content (AvgIpc) is 2.14. The Bertz CT molecular complexity index is 334. The van der Waals surface area contributed by atoms with Gasteiger partial charge in [-0.25, -0.2) is 8.42 Å². The van der Waals surface area contributed by atoms with Crippen molar-refractivity contribution < 1.29 is 8.42 Å². The van der Waals surface area contributed by atoms with E-state index in [1.54, 1.807) is 0 Å². The minimum absolute atomic E-state index is 0.295. The molecule has 4 heteroatoms. The van der Waals surface area contributed by atoms with E-state index in [9.17, 15) is 8.42 Å². The average molecular weight is 261 g/mol. The van der Waals surface area contributed by atoms with Crippen molar-refractivity contribution in [3.8, 4) is 0 Å². The lowest BCUT2D eigenvalue weighted by atomic mass is 9.57. The second-order valence-electron chi connectivity index (χ2n) is 5.84. The molecule has 0 amide bonds. The molecule has 0 bridgehead atoms. The Morgan fingerprint density at radius 1 is 1.12 bits per heavy atom. The summed E-state index contributed by atoms with van der Waals surface area (Å²) in [7, 11) is -1.12. The Balaban J connectivity index is 2.83. The van der Waals surface area contributed by atoms with Crippen molar-refractivity contribution in [3.05, 3.63) is 0 Å². The van der Waals surface area contributed by atoms with Gasteiger partial charge in [0.25, 0.3) is 0 Å². The van der Waals surface area contributed by atoms with Crippen molar-refractivity contribution in [2.24, 2.45) is 5.41 Å². The van der Waals surface area contributed by atoms with Crippen LogP contribution < -0.4 is 5.32 Å². The van der Waals surface area contributed by atoms with Crippen molar-refractivity contribution in [3.63, 3.8) is 0 Å². The maximum absolute atomic E-state index is 12.0. The van der Waals surface area contributed by atoms with Gasteiger partial charge in [-0.15, -0.1) is 0 Å². The SMILES string of the molecule is CCCC1(CCC)CC(CNC)(S(C)(=O)=O)C1. The number of nitrogens with one attached hydrogen (secondary N) is 1. The molecular formula is C13H27NO2S. The van der Waals surface area contributed by atoms with E-state index in [-0.39, 0.29) is 0 Å². The normalized spacial score (nSPS) is 22.1. The Kier molecular flexibility index (Phi) is 4.64. The van der Waals surface area contributed by atoms with Gasteiger partial charge < -0.3 is 5.32 Å². The van der Waals surface area contributed by atoms with Gasteiger partial charge in [0.1, 0.15) is 0 Å². The lowest BCUT2D eigenvalue weighted by Gasteiger charge is -2.55. The van der Waals surface area contributed by atoms with E-state index in [1.165, 1.54) is 19.1 Å². The molecule has 3 nitrogen and oxygen atoms in total. The van der Waals surface area contributed by atoms with Crippen LogP contribution in [0.15, 0.2) is 0 Å². The van der Waals surface area contributed by atoms with Crippen molar-refractivity contribution >= 4 is 9.84 Å². The second kappa shape index (κ2) is 5.27. The quantitative estimate of drug-likeness (QED) is 0.765. The largest absolute Gasteiger partial charge is 0.318 e. The molecule has 0 aliphatic heterocycles. The monoisotopic (exact) mass is 261 g/mol. The first-order valence-corrected chi connectivity index (χ1v) is 8.58. The van der Waals surface area contributed by atoms with Crippen LogP contribution in [-0.4, -0.2) is 33.0 Å². The summed E-state index contributed by atoms with van der Waals surface area (Å²) in [4.78, 5) is 0. The molecule has 1 N–H and O–H groups in total. The maximum Gasteiger partial charge on any atom is 0.154 e. The standard InChI is InChI=1S/C13H27NO2S/c1-5-7-12(8-6-2)9-13(10-12,11-14-3)17(4,15)16/h14H,5-11H2,1-4H3. The van der Waals surface area contributed by atoms with E-state index >= 15 is 0 Å². The van der Waals surface area contributed by atoms with Crippen molar-refractivity contribution in [2.45, 2.75) is 57.1 Å². The van der Waals surface area contributed by atoms with E-state index in [4.69, 9.17) is 0 Å². The van der Waals surface area contributed by atoms with Gasteiger partial charge in [0.05, 0.1) is 4.75 Å². The molecule has 1 fully saturated rings. The molecule has 0 radical (unpaired) electrons. The Morgan fingerprint density at radius 3 is 1.88 bits per heavy atom. The maximum atomic E-state index is 12.0. The molecule has 1 aliphatic rings. The third kappa shape index (κ3) is 2.84. The highest BCUT2D eigenvalue weighted by Gasteiger charge is 2.58. The molecule has 1 aliphatic carbocycles. The van der Waals surface area contributed by atoms with Crippen LogP contribution in [0, 0.1) is 5.41 Å². The Labute approximate surface area is 106 Å². The topological polar surface area (TPSA) is 46.2 Å². The molecule has 0 spiro atoms. The Hall–Kier alpha value is -0.0900. The molecule has 0 aromatic rings. The summed E-state index contributed by atoms with van der Waals surface area (Å²) in [5.41, 5.74) is 0.295. The fraction of sp³-hybridized carbons (Fsp3) is 1.00. The number of hydrogen-bond acceptors (Lipinski definition) is 3. The van der Waals surface area contributed by atoms with Crippen molar-refractivity contribution in [1.29, 1.82) is 0 Å². The molecule has 0 unspecified atom stereocenters. The summed E-state index contributed by atoms with van der Waals surface area (Å²) in [6.07, 6.45) is 7.73. The van der Waals surface area contributed by atoms with Gasteiger partial charge in [0.15, 0.2) is 9.84 Å². The van der Waals surface area contributed by atoms with Gasteiger partial charge in [-0.05, 0) is 38.1 Å². The van der Waals surface area contributed by atoms with Crippen LogP contribution in [0.1, 0.15) is 52.4 Å². The fourth-order valence-corrected chi connectivity index (χ4v) is 5.24. The molecule has 0 saturated heterocycles. The highest BCUT2D eigenvalue weighted by molar-refractivity contribution is 7.92. The van der Waals surface area contributed by atoms with Gasteiger partial charge in [-0.2, -0.15) is 0 Å². The summed E-state index contributed by atoms with van der Waals surface area (Å²) in [5.74, 6) is 0. The van der Waals surface area contributed by atoms with Crippen LogP contribution in [0.2, 0.25) is 0 Å². The third-order valence-corrected chi connectivity index (χ3v) is 6.25. The van der Waals surface area contributed by atoms with Gasteiger partial charge in [-0.3, -0.25) is 0 Å². The smallest absolute Gasteiger partial charge is 0.154 e. The van der Waals surface area contributed by atoms with Gasteiger partial charge in [0.2, 0.25) is 0 Å². The summed E-state index contributed by atoms with van der Waals surface area (Å²) in [6, 6.07) is 0. The first-order valence-electron chi connectivity index (χ1n) is 6.69. The molecule has 0 aromatic heterocycles. The van der Waals surface area contributed by atoms with Gasteiger partial charge in [-0.1, -0.05) is 26.7 Å². The zero-order valence-electron chi connectivity index (χ0n) is 11.7. The molecular weight excluding hydrogens is 234 g/mol. The predicted octanol–water partition coefficient (Wildman–Crippen LogP) is 2.37. The summed E-state index contributed by atoms with van der Waals surface area (Å²) in [6.45, 7) is 4.98. The third-order valence-electron chi connectivity index (χ3n) is 4.24. The fourth-order valence-electron chi connectivity index (χ4n) is 3.69. The lowest BCUT2D eigenvalue weighted by molar-refractivity contribution is 0.0526. The number of rotatable bonds is 7. The summed E-state index contributed by atoms with van der Waals surface area (Å²) < 4.78 is 23.5. The zero-order chi connectivity index (χ0) is 13.2. The molecule has 0 heterocycles. The van der Waals surface area contributed by atoms with E-state index in [0.29, 0.717) is 12.0 Å². The summed E-state index contributed by atoms with van der Waals surface area (Å²) in [5, 5.41) is 3.06. The minimum atomic E-state index is -2.96. The van der Waals surface area contributed by atoms with Gasteiger partial charge in [0, 0.05) is 12.8 Å². The molecule has 17 heavy (non-hydrogen) atoms. The highest BCUT2D eigenvalue weighted by atomic mass is 32.2. The highest BCUT2D eigenvalue weighted by Crippen LogP contribution is 2.57. The first-order chi connectivity index (χ1) is 7.85. The molecule has 1 saturated carbocycles. The lowest BCUT2D eigenvalue weighted by Crippen LogP contribution is -2.60. The number of sulfone groups is 1. The predicted molar refractivity (Wildman–Crippen MR) is 73.0 cm³/mol. The van der Waals surface area contributed by atoms with Crippen LogP contribution in [0.5, 0.6) is 0 Å². The zero-order valence-corrected chi connectivity index (χ0v) is 12.5. The molecule has 0 aromatic carbocycles. The van der Waals surface area contributed by atoms with Crippen molar-refractivity contribution in [1.82, 2.24) is 5.32 Å². The summed E-state index contributed by atoms with van der Waals surface area (Å²) >= 11 is 0. The van der Waals surface area contributed by atoms with Crippen LogP contribution in [0.4, 0.5) is 0 Å². The van der Waals surface area contributed by atoms with E-state index < -0.39 is 14.6 Å². The number of hydrogen-bond donors (Lipinski definition) is 1. The van der Waals surface area contributed by atoms with E-state index in [2.05, 4.69) is 19.2 Å². The Morgan fingerprint density at radius 2 is 1.59 bits per heavy atom. The van der Waals surface area contributed by atoms with Gasteiger partial charge >= 0.3 is 0 Å². The second-order valence-corrected chi connectivity index (χ2v) is 8.25.